The molecule has 2 aromatic carbocycles. The predicted molar refractivity (Wildman–Crippen MR) is 77.9 cm³/mol. The molecule has 0 aliphatic carbocycles. The van der Waals surface area contributed by atoms with Gasteiger partial charge in [-0.05, 0) is 42.2 Å². The maximum atomic E-state index is 3.57. The first-order valence-electron chi connectivity index (χ1n) is 6.39. The Bertz CT molecular complexity index is 573. The summed E-state index contributed by atoms with van der Waals surface area (Å²) in [4.78, 5) is 2.14. The van der Waals surface area contributed by atoms with Crippen LogP contribution in [0.1, 0.15) is 11.1 Å². The summed E-state index contributed by atoms with van der Waals surface area (Å²) in [7, 11) is 4.15. The number of rotatable bonds is 1. The monoisotopic (exact) mass is 238 g/mol. The van der Waals surface area contributed by atoms with E-state index in [1.165, 1.54) is 28.2 Å². The van der Waals surface area contributed by atoms with Crippen LogP contribution in [0.5, 0.6) is 0 Å². The molecule has 0 aromatic heterocycles. The number of benzene rings is 2. The van der Waals surface area contributed by atoms with Crippen LogP contribution in [0.25, 0.3) is 0 Å². The van der Waals surface area contributed by atoms with Crippen LogP contribution in [0.4, 0.5) is 17.1 Å². The van der Waals surface area contributed by atoms with Crippen LogP contribution in [-0.4, -0.2) is 14.1 Å². The standard InChI is InChI=1S/C16H18N2/c1-18(2)14-10-9-13-8-7-12-5-3-4-6-15(12)17-16(13)11-14/h3-6,9-11,17H,7-8H2,1-2H3. The SMILES string of the molecule is CN(C)c1ccc2c(c1)Nc1ccccc1CC2. The third-order valence-corrected chi connectivity index (χ3v) is 3.56. The molecule has 0 saturated heterocycles. The fraction of sp³-hybridized carbons (Fsp3) is 0.250. The highest BCUT2D eigenvalue weighted by Crippen LogP contribution is 2.32. The smallest absolute Gasteiger partial charge is 0.0437 e. The van der Waals surface area contributed by atoms with Gasteiger partial charge in [0.1, 0.15) is 0 Å². The fourth-order valence-electron chi connectivity index (χ4n) is 2.45. The van der Waals surface area contributed by atoms with Crippen LogP contribution < -0.4 is 10.2 Å². The lowest BCUT2D eigenvalue weighted by Crippen LogP contribution is -2.09. The van der Waals surface area contributed by atoms with Gasteiger partial charge in [0, 0.05) is 31.2 Å². The number of anilines is 3. The van der Waals surface area contributed by atoms with Gasteiger partial charge in [-0.1, -0.05) is 24.3 Å². The van der Waals surface area contributed by atoms with Gasteiger partial charge < -0.3 is 10.2 Å². The largest absolute Gasteiger partial charge is 0.378 e. The Hall–Kier alpha value is -1.96. The Balaban J connectivity index is 2.04. The molecule has 0 spiro atoms. The van der Waals surface area contributed by atoms with Crippen LogP contribution in [-0.2, 0) is 12.8 Å². The zero-order valence-corrected chi connectivity index (χ0v) is 10.9. The van der Waals surface area contributed by atoms with E-state index in [9.17, 15) is 0 Å². The average molecular weight is 238 g/mol. The third-order valence-electron chi connectivity index (χ3n) is 3.56. The van der Waals surface area contributed by atoms with Crippen molar-refractivity contribution in [1.82, 2.24) is 0 Å². The van der Waals surface area contributed by atoms with E-state index < -0.39 is 0 Å². The normalized spacial score (nSPS) is 13.0. The lowest BCUT2D eigenvalue weighted by Gasteiger charge is -2.16. The molecule has 2 heteroatoms. The maximum absolute atomic E-state index is 3.57. The van der Waals surface area contributed by atoms with Gasteiger partial charge >= 0.3 is 0 Å². The number of fused-ring (bicyclic) bond motifs is 2. The van der Waals surface area contributed by atoms with Crippen molar-refractivity contribution in [2.24, 2.45) is 0 Å². The first-order chi connectivity index (χ1) is 8.74. The van der Waals surface area contributed by atoms with Crippen molar-refractivity contribution in [1.29, 1.82) is 0 Å². The number of nitrogens with one attached hydrogen (secondary N) is 1. The Kier molecular flexibility index (Phi) is 2.71. The molecule has 0 fully saturated rings. The highest BCUT2D eigenvalue weighted by molar-refractivity contribution is 5.71. The molecule has 0 amide bonds. The maximum Gasteiger partial charge on any atom is 0.0437 e. The molecule has 1 aliphatic heterocycles. The second-order valence-corrected chi connectivity index (χ2v) is 5.02. The lowest BCUT2D eigenvalue weighted by atomic mass is 10.0. The Labute approximate surface area is 108 Å². The van der Waals surface area contributed by atoms with Crippen molar-refractivity contribution in [2.45, 2.75) is 12.8 Å². The zero-order valence-electron chi connectivity index (χ0n) is 10.9. The van der Waals surface area contributed by atoms with Gasteiger partial charge in [-0.25, -0.2) is 0 Å². The highest BCUT2D eigenvalue weighted by Gasteiger charge is 2.12. The van der Waals surface area contributed by atoms with Gasteiger partial charge in [0.2, 0.25) is 0 Å². The summed E-state index contributed by atoms with van der Waals surface area (Å²) in [6.45, 7) is 0. The third kappa shape index (κ3) is 1.94. The molecular formula is C16H18N2. The van der Waals surface area contributed by atoms with Crippen LogP contribution in [0.2, 0.25) is 0 Å². The topological polar surface area (TPSA) is 15.3 Å². The number of hydrogen-bond acceptors (Lipinski definition) is 2. The van der Waals surface area contributed by atoms with Crippen molar-refractivity contribution < 1.29 is 0 Å². The van der Waals surface area contributed by atoms with Gasteiger partial charge in [-0.3, -0.25) is 0 Å². The molecule has 0 radical (unpaired) electrons. The molecule has 2 nitrogen and oxygen atoms in total. The average Bonchev–Trinajstić information content (AvgIpc) is 2.56. The van der Waals surface area contributed by atoms with E-state index in [4.69, 9.17) is 0 Å². The molecule has 0 bridgehead atoms. The number of hydrogen-bond donors (Lipinski definition) is 1. The summed E-state index contributed by atoms with van der Waals surface area (Å²) in [5.74, 6) is 0. The summed E-state index contributed by atoms with van der Waals surface area (Å²) >= 11 is 0. The van der Waals surface area contributed by atoms with Gasteiger partial charge in [0.05, 0.1) is 0 Å². The number of nitrogens with zero attached hydrogens (tertiary/aromatic N) is 1. The Morgan fingerprint density at radius 1 is 0.889 bits per heavy atom. The first-order valence-corrected chi connectivity index (χ1v) is 6.39. The van der Waals surface area contributed by atoms with Crippen LogP contribution >= 0.6 is 0 Å². The van der Waals surface area contributed by atoms with Gasteiger partial charge in [0.25, 0.3) is 0 Å². The highest BCUT2D eigenvalue weighted by atomic mass is 15.1. The molecule has 0 unspecified atom stereocenters. The second kappa shape index (κ2) is 4.37. The van der Waals surface area contributed by atoms with E-state index in [0.29, 0.717) is 0 Å². The van der Waals surface area contributed by atoms with Gasteiger partial charge in [-0.15, -0.1) is 0 Å². The molecule has 0 atom stereocenters. The minimum atomic E-state index is 1.10. The van der Waals surface area contributed by atoms with Crippen molar-refractivity contribution in [3.8, 4) is 0 Å². The van der Waals surface area contributed by atoms with Gasteiger partial charge in [-0.2, -0.15) is 0 Å². The molecule has 0 saturated carbocycles. The molecule has 3 rings (SSSR count). The van der Waals surface area contributed by atoms with Crippen LogP contribution in [0.15, 0.2) is 42.5 Å². The van der Waals surface area contributed by atoms with E-state index in [0.717, 1.165) is 12.8 Å². The Morgan fingerprint density at radius 2 is 1.61 bits per heavy atom. The second-order valence-electron chi connectivity index (χ2n) is 5.02. The lowest BCUT2D eigenvalue weighted by molar-refractivity contribution is 0.976. The van der Waals surface area contributed by atoms with E-state index in [2.05, 4.69) is 66.8 Å². The number of para-hydroxylation sites is 1. The molecule has 18 heavy (non-hydrogen) atoms. The van der Waals surface area contributed by atoms with E-state index in [-0.39, 0.29) is 0 Å². The summed E-state index contributed by atoms with van der Waals surface area (Å²) in [6, 6.07) is 15.2. The molecule has 1 heterocycles. The Morgan fingerprint density at radius 3 is 2.39 bits per heavy atom. The minimum Gasteiger partial charge on any atom is -0.378 e. The summed E-state index contributed by atoms with van der Waals surface area (Å²) in [5, 5.41) is 3.57. The van der Waals surface area contributed by atoms with Crippen molar-refractivity contribution in [3.05, 3.63) is 53.6 Å². The van der Waals surface area contributed by atoms with Gasteiger partial charge in [0.15, 0.2) is 0 Å². The molecule has 2 aromatic rings. The van der Waals surface area contributed by atoms with E-state index in [1.54, 1.807) is 0 Å². The zero-order chi connectivity index (χ0) is 12.5. The summed E-state index contributed by atoms with van der Waals surface area (Å²) in [6.07, 6.45) is 2.21. The number of aryl methyl sites for hydroxylation is 2. The van der Waals surface area contributed by atoms with Crippen LogP contribution in [0, 0.1) is 0 Å². The van der Waals surface area contributed by atoms with Crippen LogP contribution in [0.3, 0.4) is 0 Å². The minimum absolute atomic E-state index is 1.10. The predicted octanol–water partition coefficient (Wildman–Crippen LogP) is 3.59. The molecular weight excluding hydrogens is 220 g/mol. The molecule has 1 N–H and O–H groups in total. The van der Waals surface area contributed by atoms with E-state index in [1.807, 2.05) is 0 Å². The van der Waals surface area contributed by atoms with Crippen molar-refractivity contribution >= 4 is 17.1 Å². The molecule has 1 aliphatic rings. The van der Waals surface area contributed by atoms with Crippen molar-refractivity contribution in [3.63, 3.8) is 0 Å². The first kappa shape index (κ1) is 11.1. The molecule has 92 valence electrons. The quantitative estimate of drug-likeness (QED) is 0.816. The summed E-state index contributed by atoms with van der Waals surface area (Å²) < 4.78 is 0. The van der Waals surface area contributed by atoms with Crippen molar-refractivity contribution in [2.75, 3.05) is 24.3 Å². The fourth-order valence-corrected chi connectivity index (χ4v) is 2.45. The van der Waals surface area contributed by atoms with E-state index >= 15 is 0 Å². The summed E-state index contributed by atoms with van der Waals surface area (Å²) in [5.41, 5.74) is 6.52.